The highest BCUT2D eigenvalue weighted by atomic mass is 35.5. The molecule has 11 heteroatoms. The molecule has 2 aromatic carbocycles. The van der Waals surface area contributed by atoms with Crippen molar-refractivity contribution in [2.45, 2.75) is 6.92 Å². The van der Waals surface area contributed by atoms with E-state index in [0.29, 0.717) is 46.2 Å². The summed E-state index contributed by atoms with van der Waals surface area (Å²) in [6.07, 6.45) is 1.38. The number of carboxylic acid groups (broad SMARTS) is 1. The van der Waals surface area contributed by atoms with Gasteiger partial charge >= 0.3 is 5.97 Å². The lowest BCUT2D eigenvalue weighted by atomic mass is 10.1. The van der Waals surface area contributed by atoms with E-state index in [1.165, 1.54) is 24.3 Å². The van der Waals surface area contributed by atoms with Crippen molar-refractivity contribution in [2.75, 3.05) is 18.5 Å². The van der Waals surface area contributed by atoms with Gasteiger partial charge in [-0.2, -0.15) is 0 Å². The number of carboxylic acids is 1. The van der Waals surface area contributed by atoms with E-state index < -0.39 is 29.6 Å². The number of thioether (sulfide) groups is 1. The van der Waals surface area contributed by atoms with Gasteiger partial charge in [-0.3, -0.25) is 19.3 Å². The first kappa shape index (κ1) is 25.1. The van der Waals surface area contributed by atoms with E-state index in [0.717, 1.165) is 4.90 Å². The summed E-state index contributed by atoms with van der Waals surface area (Å²) >= 11 is 6.87. The zero-order chi connectivity index (χ0) is 25.8. The maximum atomic E-state index is 12.8. The molecule has 9 nitrogen and oxygen atoms in total. The van der Waals surface area contributed by atoms with Crippen LogP contribution in [0.25, 0.3) is 17.4 Å². The number of aromatic carboxylic acids is 1. The number of hydrogen-bond donors (Lipinski definition) is 2. The minimum absolute atomic E-state index is 0.0389. The average molecular weight is 527 g/mol. The molecule has 0 aliphatic carbocycles. The van der Waals surface area contributed by atoms with E-state index in [2.05, 4.69) is 5.32 Å². The van der Waals surface area contributed by atoms with Gasteiger partial charge in [-0.05, 0) is 73.3 Å². The standard InChI is InChI=1S/C25H19ClN2O7S/c1-2-34-16-6-4-15(5-7-16)27-22(29)13-28-23(30)21(36-25(28)33)12-17-8-10-20(35-17)18-11-14(24(31)32)3-9-19(18)26/h3-12H,2,13H2,1H3,(H,27,29)(H,31,32)/b21-12+. The van der Waals surface area contributed by atoms with Gasteiger partial charge in [0.05, 0.1) is 22.1 Å². The molecular formula is C25H19ClN2O7S. The molecule has 184 valence electrons. The number of nitrogens with zero attached hydrogens (tertiary/aromatic N) is 1. The predicted octanol–water partition coefficient (Wildman–Crippen LogP) is 5.37. The third-order valence-corrected chi connectivity index (χ3v) is 6.24. The molecule has 0 atom stereocenters. The van der Waals surface area contributed by atoms with Crippen molar-refractivity contribution < 1.29 is 33.4 Å². The fraction of sp³-hybridized carbons (Fsp3) is 0.120. The van der Waals surface area contributed by atoms with Crippen LogP contribution >= 0.6 is 23.4 Å². The molecule has 2 heterocycles. The number of halogens is 1. The largest absolute Gasteiger partial charge is 0.494 e. The van der Waals surface area contributed by atoms with E-state index in [9.17, 15) is 24.3 Å². The summed E-state index contributed by atoms with van der Waals surface area (Å²) in [6, 6.07) is 14.1. The Labute approximate surface area is 214 Å². The summed E-state index contributed by atoms with van der Waals surface area (Å²) in [5, 5.41) is 11.5. The van der Waals surface area contributed by atoms with Gasteiger partial charge in [-0.25, -0.2) is 4.79 Å². The third kappa shape index (κ3) is 5.61. The summed E-state index contributed by atoms with van der Waals surface area (Å²) in [7, 11) is 0. The lowest BCUT2D eigenvalue weighted by Crippen LogP contribution is -2.36. The number of anilines is 1. The van der Waals surface area contributed by atoms with Gasteiger partial charge in [0.1, 0.15) is 23.8 Å². The number of ether oxygens (including phenoxy) is 1. The minimum atomic E-state index is -1.11. The quantitative estimate of drug-likeness (QED) is 0.375. The van der Waals surface area contributed by atoms with Crippen LogP contribution in [0.5, 0.6) is 5.75 Å². The molecular weight excluding hydrogens is 508 g/mol. The smallest absolute Gasteiger partial charge is 0.335 e. The molecule has 0 saturated carbocycles. The lowest BCUT2D eigenvalue weighted by Gasteiger charge is -2.12. The normalized spacial score (nSPS) is 14.4. The van der Waals surface area contributed by atoms with Crippen LogP contribution in [-0.2, 0) is 9.59 Å². The Morgan fingerprint density at radius 2 is 1.89 bits per heavy atom. The van der Waals surface area contributed by atoms with Crippen molar-refractivity contribution in [3.05, 3.63) is 75.8 Å². The van der Waals surface area contributed by atoms with Crippen molar-refractivity contribution in [1.82, 2.24) is 4.90 Å². The molecule has 0 radical (unpaired) electrons. The highest BCUT2D eigenvalue weighted by Gasteiger charge is 2.36. The van der Waals surface area contributed by atoms with Gasteiger partial charge in [-0.15, -0.1) is 0 Å². The first-order chi connectivity index (χ1) is 17.2. The lowest BCUT2D eigenvalue weighted by molar-refractivity contribution is -0.127. The van der Waals surface area contributed by atoms with Crippen LogP contribution < -0.4 is 10.1 Å². The van der Waals surface area contributed by atoms with E-state index in [1.807, 2.05) is 6.92 Å². The Morgan fingerprint density at radius 3 is 2.58 bits per heavy atom. The Balaban J connectivity index is 1.44. The van der Waals surface area contributed by atoms with Gasteiger partial charge in [0.2, 0.25) is 5.91 Å². The molecule has 1 saturated heterocycles. The molecule has 0 unspecified atom stereocenters. The molecule has 2 N–H and O–H groups in total. The van der Waals surface area contributed by atoms with Crippen LogP contribution in [0.4, 0.5) is 10.5 Å². The molecule has 1 aliphatic rings. The molecule has 36 heavy (non-hydrogen) atoms. The van der Waals surface area contributed by atoms with E-state index in [-0.39, 0.29) is 16.2 Å². The van der Waals surface area contributed by atoms with E-state index in [1.54, 1.807) is 36.4 Å². The average Bonchev–Trinajstić information content (AvgIpc) is 3.41. The number of carbonyl (C=O) groups excluding carboxylic acids is 3. The molecule has 0 spiro atoms. The second kappa shape index (κ2) is 10.7. The second-order valence-corrected chi connectivity index (χ2v) is 8.88. The first-order valence-corrected chi connectivity index (χ1v) is 11.9. The zero-order valence-electron chi connectivity index (χ0n) is 18.8. The number of amides is 3. The van der Waals surface area contributed by atoms with Crippen molar-refractivity contribution >= 4 is 58.1 Å². The maximum absolute atomic E-state index is 12.8. The van der Waals surface area contributed by atoms with Gasteiger partial charge in [0, 0.05) is 17.3 Å². The second-order valence-electron chi connectivity index (χ2n) is 7.48. The van der Waals surface area contributed by atoms with Crippen molar-refractivity contribution in [3.8, 4) is 17.1 Å². The predicted molar refractivity (Wildman–Crippen MR) is 135 cm³/mol. The maximum Gasteiger partial charge on any atom is 0.335 e. The summed E-state index contributed by atoms with van der Waals surface area (Å²) in [5.74, 6) is -1.06. The third-order valence-electron chi connectivity index (χ3n) is 5.00. The summed E-state index contributed by atoms with van der Waals surface area (Å²) < 4.78 is 11.1. The molecule has 1 aromatic heterocycles. The Morgan fingerprint density at radius 1 is 1.14 bits per heavy atom. The van der Waals surface area contributed by atoms with Gasteiger partial charge in [0.15, 0.2) is 0 Å². The van der Waals surface area contributed by atoms with Crippen LogP contribution in [0.1, 0.15) is 23.0 Å². The van der Waals surface area contributed by atoms with Crippen molar-refractivity contribution in [3.63, 3.8) is 0 Å². The van der Waals surface area contributed by atoms with Crippen LogP contribution in [0.15, 0.2) is 63.9 Å². The van der Waals surface area contributed by atoms with Gasteiger partial charge in [-0.1, -0.05) is 11.6 Å². The highest BCUT2D eigenvalue weighted by Crippen LogP contribution is 2.35. The Bertz CT molecular complexity index is 1380. The molecule has 0 bridgehead atoms. The molecule has 1 fully saturated rings. The van der Waals surface area contributed by atoms with Crippen LogP contribution in [0, 0.1) is 0 Å². The van der Waals surface area contributed by atoms with E-state index >= 15 is 0 Å². The topological polar surface area (TPSA) is 126 Å². The minimum Gasteiger partial charge on any atom is -0.494 e. The SMILES string of the molecule is CCOc1ccc(NC(=O)CN2C(=O)S/C(=C/c3ccc(-c4cc(C(=O)O)ccc4Cl)o3)C2=O)cc1. The fourth-order valence-electron chi connectivity index (χ4n) is 3.33. The number of carbonyl (C=O) groups is 4. The molecule has 1 aliphatic heterocycles. The first-order valence-electron chi connectivity index (χ1n) is 10.7. The molecule has 3 aromatic rings. The summed E-state index contributed by atoms with van der Waals surface area (Å²) in [4.78, 5) is 49.7. The van der Waals surface area contributed by atoms with Crippen molar-refractivity contribution in [1.29, 1.82) is 0 Å². The molecule has 3 amide bonds. The number of hydrogen-bond acceptors (Lipinski definition) is 7. The highest BCUT2D eigenvalue weighted by molar-refractivity contribution is 8.18. The van der Waals surface area contributed by atoms with E-state index in [4.69, 9.17) is 20.8 Å². The fourth-order valence-corrected chi connectivity index (χ4v) is 4.36. The number of imide groups is 1. The van der Waals surface area contributed by atoms with Crippen LogP contribution in [-0.4, -0.2) is 46.2 Å². The number of furan rings is 1. The summed E-state index contributed by atoms with van der Waals surface area (Å²) in [5.41, 5.74) is 0.909. The van der Waals surface area contributed by atoms with Crippen LogP contribution in [0.3, 0.4) is 0 Å². The van der Waals surface area contributed by atoms with Gasteiger partial charge < -0.3 is 19.6 Å². The van der Waals surface area contributed by atoms with Crippen LogP contribution in [0.2, 0.25) is 5.02 Å². The molecule has 4 rings (SSSR count). The van der Waals surface area contributed by atoms with Gasteiger partial charge in [0.25, 0.3) is 11.1 Å². The Kier molecular flexibility index (Phi) is 7.47. The Hall–Kier alpha value is -4.02. The number of rotatable bonds is 8. The number of benzene rings is 2. The van der Waals surface area contributed by atoms with Crippen molar-refractivity contribution in [2.24, 2.45) is 0 Å². The summed E-state index contributed by atoms with van der Waals surface area (Å²) in [6.45, 7) is 1.93. The zero-order valence-corrected chi connectivity index (χ0v) is 20.4. The monoisotopic (exact) mass is 526 g/mol. The number of nitrogens with one attached hydrogen (secondary N) is 1.